The maximum Gasteiger partial charge on any atom is 0.262 e. The van der Waals surface area contributed by atoms with Crippen LogP contribution in [0.3, 0.4) is 0 Å². The first-order valence-electron chi connectivity index (χ1n) is 8.61. The van der Waals surface area contributed by atoms with E-state index in [4.69, 9.17) is 0 Å². The van der Waals surface area contributed by atoms with E-state index in [0.717, 1.165) is 37.1 Å². The number of carbonyl (C=O) groups is 1. The molecular weight excluding hydrogens is 317 g/mol. The molecular formula is C20H22FN3O. The zero-order valence-electron chi connectivity index (χ0n) is 14.1. The van der Waals surface area contributed by atoms with Crippen molar-refractivity contribution >= 4 is 12.1 Å². The van der Waals surface area contributed by atoms with Crippen LogP contribution in [0.5, 0.6) is 0 Å². The lowest BCUT2D eigenvalue weighted by Gasteiger charge is -2.33. The number of halogens is 1. The third-order valence-electron chi connectivity index (χ3n) is 4.38. The summed E-state index contributed by atoms with van der Waals surface area (Å²) in [6.45, 7) is 1.82. The van der Waals surface area contributed by atoms with Crippen molar-refractivity contribution in [2.75, 3.05) is 13.1 Å². The zero-order valence-corrected chi connectivity index (χ0v) is 14.1. The van der Waals surface area contributed by atoms with Gasteiger partial charge in [0.2, 0.25) is 0 Å². The summed E-state index contributed by atoms with van der Waals surface area (Å²) in [5.74, 6) is -0.443. The molecule has 1 atom stereocenters. The molecule has 2 aromatic rings. The van der Waals surface area contributed by atoms with Crippen LogP contribution in [0.2, 0.25) is 0 Å². The molecule has 1 aliphatic heterocycles. The van der Waals surface area contributed by atoms with Gasteiger partial charge in [-0.15, -0.1) is 0 Å². The van der Waals surface area contributed by atoms with E-state index in [9.17, 15) is 9.18 Å². The summed E-state index contributed by atoms with van der Waals surface area (Å²) in [5.41, 5.74) is 4.34. The van der Waals surface area contributed by atoms with Gasteiger partial charge in [-0.1, -0.05) is 48.9 Å². The van der Waals surface area contributed by atoms with Gasteiger partial charge < -0.3 is 0 Å². The molecule has 4 nitrogen and oxygen atoms in total. The minimum Gasteiger partial charge on any atom is -0.288 e. The Morgan fingerprint density at radius 3 is 2.40 bits per heavy atom. The van der Waals surface area contributed by atoms with Gasteiger partial charge in [0, 0.05) is 0 Å². The Morgan fingerprint density at radius 2 is 1.72 bits per heavy atom. The minimum absolute atomic E-state index is 0.147. The highest BCUT2D eigenvalue weighted by Crippen LogP contribution is 2.24. The minimum atomic E-state index is -0.341. The average molecular weight is 339 g/mol. The summed E-state index contributed by atoms with van der Waals surface area (Å²) >= 11 is 0. The molecule has 130 valence electrons. The van der Waals surface area contributed by atoms with E-state index in [-0.39, 0.29) is 17.8 Å². The summed E-state index contributed by atoms with van der Waals surface area (Å²) in [7, 11) is 0. The standard InChI is InChI=1S/C20H22FN3O/c21-18-11-9-16(10-12-18)15-22-23-20(25)19(17-7-3-1-4-8-17)24-13-5-2-6-14-24/h1,3-4,7-12,15,19H,2,5-6,13-14H2,(H,23,25)/t19-/m0/s1. The average Bonchev–Trinajstić information content (AvgIpc) is 2.65. The molecule has 25 heavy (non-hydrogen) atoms. The first-order chi connectivity index (χ1) is 12.2. The van der Waals surface area contributed by atoms with Gasteiger partial charge in [0.15, 0.2) is 0 Å². The number of carbonyl (C=O) groups excluding carboxylic acids is 1. The van der Waals surface area contributed by atoms with E-state index in [2.05, 4.69) is 15.4 Å². The summed E-state index contributed by atoms with van der Waals surface area (Å²) in [6.07, 6.45) is 4.95. The third kappa shape index (κ3) is 4.73. The van der Waals surface area contributed by atoms with Gasteiger partial charge >= 0.3 is 0 Å². The Hall–Kier alpha value is -2.53. The summed E-state index contributed by atoms with van der Waals surface area (Å²) in [4.78, 5) is 15.0. The van der Waals surface area contributed by atoms with Gasteiger partial charge in [-0.25, -0.2) is 9.82 Å². The second-order valence-corrected chi connectivity index (χ2v) is 6.20. The number of hydrogen-bond acceptors (Lipinski definition) is 3. The number of likely N-dealkylation sites (tertiary alicyclic amines) is 1. The van der Waals surface area contributed by atoms with Gasteiger partial charge in [0.25, 0.3) is 5.91 Å². The topological polar surface area (TPSA) is 44.7 Å². The van der Waals surface area contributed by atoms with Crippen LogP contribution in [0.25, 0.3) is 0 Å². The predicted octanol–water partition coefficient (Wildman–Crippen LogP) is 3.50. The summed E-state index contributed by atoms with van der Waals surface area (Å²) < 4.78 is 12.9. The number of nitrogens with one attached hydrogen (secondary N) is 1. The maximum atomic E-state index is 12.9. The molecule has 0 aromatic heterocycles. The van der Waals surface area contributed by atoms with Crippen LogP contribution in [0.15, 0.2) is 59.7 Å². The van der Waals surface area contributed by atoms with Crippen molar-refractivity contribution < 1.29 is 9.18 Å². The number of hydrazone groups is 1. The van der Waals surface area contributed by atoms with E-state index in [1.54, 1.807) is 12.1 Å². The predicted molar refractivity (Wildman–Crippen MR) is 96.7 cm³/mol. The van der Waals surface area contributed by atoms with E-state index in [1.165, 1.54) is 24.8 Å². The fourth-order valence-corrected chi connectivity index (χ4v) is 3.12. The van der Waals surface area contributed by atoms with Crippen LogP contribution in [-0.4, -0.2) is 30.1 Å². The molecule has 1 heterocycles. The Kier molecular flexibility index (Phi) is 5.90. The lowest BCUT2D eigenvalue weighted by molar-refractivity contribution is -0.127. The van der Waals surface area contributed by atoms with Crippen LogP contribution in [0.1, 0.15) is 36.4 Å². The molecule has 3 rings (SSSR count). The molecule has 1 saturated heterocycles. The molecule has 1 aliphatic rings. The molecule has 0 bridgehead atoms. The second-order valence-electron chi connectivity index (χ2n) is 6.20. The van der Waals surface area contributed by atoms with Crippen molar-refractivity contribution in [1.29, 1.82) is 0 Å². The number of hydrogen-bond donors (Lipinski definition) is 1. The Morgan fingerprint density at radius 1 is 1.04 bits per heavy atom. The molecule has 1 amide bonds. The summed E-state index contributed by atoms with van der Waals surface area (Å²) in [6, 6.07) is 15.4. The maximum absolute atomic E-state index is 12.9. The van der Waals surface area contributed by atoms with E-state index >= 15 is 0 Å². The number of amides is 1. The van der Waals surface area contributed by atoms with Crippen LogP contribution in [0, 0.1) is 5.82 Å². The Bertz CT molecular complexity index is 709. The number of nitrogens with zero attached hydrogens (tertiary/aromatic N) is 2. The van der Waals surface area contributed by atoms with Crippen LogP contribution < -0.4 is 5.43 Å². The lowest BCUT2D eigenvalue weighted by Crippen LogP contribution is -2.41. The first-order valence-corrected chi connectivity index (χ1v) is 8.61. The Balaban J connectivity index is 1.71. The normalized spacial score (nSPS) is 16.7. The lowest BCUT2D eigenvalue weighted by atomic mass is 10.0. The van der Waals surface area contributed by atoms with Crippen molar-refractivity contribution in [1.82, 2.24) is 10.3 Å². The quantitative estimate of drug-likeness (QED) is 0.669. The highest BCUT2D eigenvalue weighted by molar-refractivity contribution is 5.85. The molecule has 0 saturated carbocycles. The van der Waals surface area contributed by atoms with Crippen LogP contribution >= 0.6 is 0 Å². The van der Waals surface area contributed by atoms with Gasteiger partial charge in [0.05, 0.1) is 6.21 Å². The zero-order chi connectivity index (χ0) is 17.5. The van der Waals surface area contributed by atoms with Crippen molar-refractivity contribution in [3.8, 4) is 0 Å². The smallest absolute Gasteiger partial charge is 0.262 e. The molecule has 2 aromatic carbocycles. The van der Waals surface area contributed by atoms with Gasteiger partial charge in [-0.2, -0.15) is 5.10 Å². The van der Waals surface area contributed by atoms with Crippen molar-refractivity contribution in [2.45, 2.75) is 25.3 Å². The summed E-state index contributed by atoms with van der Waals surface area (Å²) in [5, 5.41) is 4.04. The van der Waals surface area contributed by atoms with E-state index in [1.807, 2.05) is 30.3 Å². The van der Waals surface area contributed by atoms with E-state index in [0.29, 0.717) is 0 Å². The second kappa shape index (κ2) is 8.53. The van der Waals surface area contributed by atoms with Gasteiger partial charge in [0.1, 0.15) is 11.9 Å². The van der Waals surface area contributed by atoms with Crippen molar-refractivity contribution in [3.63, 3.8) is 0 Å². The Labute approximate surface area is 147 Å². The van der Waals surface area contributed by atoms with Crippen LogP contribution in [-0.2, 0) is 4.79 Å². The molecule has 0 unspecified atom stereocenters. The molecule has 5 heteroatoms. The highest BCUT2D eigenvalue weighted by atomic mass is 19.1. The highest BCUT2D eigenvalue weighted by Gasteiger charge is 2.28. The van der Waals surface area contributed by atoms with Crippen molar-refractivity contribution in [3.05, 3.63) is 71.5 Å². The number of benzene rings is 2. The fraction of sp³-hybridized carbons (Fsp3) is 0.300. The molecule has 0 spiro atoms. The fourth-order valence-electron chi connectivity index (χ4n) is 3.12. The van der Waals surface area contributed by atoms with Gasteiger partial charge in [-0.3, -0.25) is 9.69 Å². The molecule has 1 fully saturated rings. The molecule has 0 aliphatic carbocycles. The number of rotatable bonds is 5. The third-order valence-corrected chi connectivity index (χ3v) is 4.38. The largest absolute Gasteiger partial charge is 0.288 e. The van der Waals surface area contributed by atoms with Gasteiger partial charge in [-0.05, 0) is 49.2 Å². The monoisotopic (exact) mass is 339 g/mol. The van der Waals surface area contributed by atoms with E-state index < -0.39 is 0 Å². The SMILES string of the molecule is O=C(NN=Cc1ccc(F)cc1)[C@H](c1ccccc1)N1CCCCC1. The van der Waals surface area contributed by atoms with Crippen LogP contribution in [0.4, 0.5) is 4.39 Å². The van der Waals surface area contributed by atoms with Crippen molar-refractivity contribution in [2.24, 2.45) is 5.10 Å². The molecule has 0 radical (unpaired) electrons. The number of piperidine rings is 1. The molecule has 1 N–H and O–H groups in total. The first kappa shape index (κ1) is 17.3.